The molecule has 2 heterocycles. The highest BCUT2D eigenvalue weighted by atomic mass is 16.2. The summed E-state index contributed by atoms with van der Waals surface area (Å²) in [6.45, 7) is 1.59. The number of fused-ring (bicyclic) bond motifs is 1. The largest absolute Gasteiger partial charge is 0.354 e. The molecule has 2 aromatic rings. The third-order valence-electron chi connectivity index (χ3n) is 5.29. The van der Waals surface area contributed by atoms with E-state index in [2.05, 4.69) is 15.3 Å². The SMILES string of the molecule is NCCC(=O)NCC1CCCCN1C(=O)CCCc1ccc2[nH]c(=O)[nH]c2c1. The Morgan fingerprint density at radius 2 is 2.00 bits per heavy atom. The molecule has 1 aliphatic heterocycles. The number of carbonyl (C=O) groups excluding carboxylic acids is 2. The van der Waals surface area contributed by atoms with Crippen LogP contribution in [0.15, 0.2) is 23.0 Å². The number of aromatic nitrogens is 2. The fourth-order valence-corrected chi connectivity index (χ4v) is 3.81. The highest BCUT2D eigenvalue weighted by Crippen LogP contribution is 2.19. The molecule has 1 aromatic heterocycles. The van der Waals surface area contributed by atoms with Crippen molar-refractivity contribution in [2.24, 2.45) is 5.73 Å². The number of benzene rings is 1. The van der Waals surface area contributed by atoms with E-state index in [1.807, 2.05) is 23.1 Å². The summed E-state index contributed by atoms with van der Waals surface area (Å²) in [5.74, 6) is 0.0903. The summed E-state index contributed by atoms with van der Waals surface area (Å²) in [5, 5.41) is 2.89. The first-order valence-electron chi connectivity index (χ1n) is 10.0. The van der Waals surface area contributed by atoms with Crippen molar-refractivity contribution in [2.75, 3.05) is 19.6 Å². The van der Waals surface area contributed by atoms with Gasteiger partial charge in [0.1, 0.15) is 0 Å². The van der Waals surface area contributed by atoms with Crippen LogP contribution in [0.1, 0.15) is 44.1 Å². The zero-order valence-electron chi connectivity index (χ0n) is 16.1. The van der Waals surface area contributed by atoms with Crippen LogP contribution >= 0.6 is 0 Å². The Labute approximate surface area is 163 Å². The summed E-state index contributed by atoms with van der Waals surface area (Å²) >= 11 is 0. The van der Waals surface area contributed by atoms with Crippen LogP contribution < -0.4 is 16.7 Å². The van der Waals surface area contributed by atoms with Crippen molar-refractivity contribution in [3.8, 4) is 0 Å². The van der Waals surface area contributed by atoms with E-state index in [0.717, 1.165) is 55.2 Å². The predicted molar refractivity (Wildman–Crippen MR) is 108 cm³/mol. The molecule has 1 saturated heterocycles. The topological polar surface area (TPSA) is 124 Å². The summed E-state index contributed by atoms with van der Waals surface area (Å²) in [6.07, 6.45) is 5.34. The van der Waals surface area contributed by atoms with Crippen LogP contribution in [0.5, 0.6) is 0 Å². The van der Waals surface area contributed by atoms with E-state index in [0.29, 0.717) is 25.9 Å². The van der Waals surface area contributed by atoms with Crippen molar-refractivity contribution in [1.29, 1.82) is 0 Å². The fourth-order valence-electron chi connectivity index (χ4n) is 3.81. The molecule has 0 radical (unpaired) electrons. The molecule has 3 rings (SSSR count). The van der Waals surface area contributed by atoms with Gasteiger partial charge in [-0.15, -0.1) is 0 Å². The number of amides is 2. The van der Waals surface area contributed by atoms with Gasteiger partial charge in [-0.25, -0.2) is 4.79 Å². The zero-order valence-corrected chi connectivity index (χ0v) is 16.1. The minimum atomic E-state index is -0.211. The first kappa shape index (κ1) is 20.1. The number of hydrogen-bond acceptors (Lipinski definition) is 4. The quantitative estimate of drug-likeness (QED) is 0.540. The second-order valence-corrected chi connectivity index (χ2v) is 7.39. The van der Waals surface area contributed by atoms with Gasteiger partial charge < -0.3 is 25.9 Å². The summed E-state index contributed by atoms with van der Waals surface area (Å²) in [6, 6.07) is 5.89. The third kappa shape index (κ3) is 5.22. The monoisotopic (exact) mass is 387 g/mol. The van der Waals surface area contributed by atoms with Gasteiger partial charge in [0, 0.05) is 38.5 Å². The number of aryl methyl sites for hydroxylation is 1. The maximum Gasteiger partial charge on any atom is 0.323 e. The molecule has 0 bridgehead atoms. The van der Waals surface area contributed by atoms with Crippen molar-refractivity contribution in [2.45, 2.75) is 51.0 Å². The molecule has 8 nitrogen and oxygen atoms in total. The Morgan fingerprint density at radius 3 is 2.82 bits per heavy atom. The van der Waals surface area contributed by atoms with E-state index in [-0.39, 0.29) is 23.5 Å². The molecule has 2 amide bonds. The third-order valence-corrected chi connectivity index (χ3v) is 5.29. The van der Waals surface area contributed by atoms with Crippen molar-refractivity contribution >= 4 is 22.8 Å². The van der Waals surface area contributed by atoms with Crippen LogP contribution in [0, 0.1) is 0 Å². The Morgan fingerprint density at radius 1 is 1.18 bits per heavy atom. The number of nitrogens with one attached hydrogen (secondary N) is 3. The molecule has 0 saturated carbocycles. The number of nitrogens with zero attached hydrogens (tertiary/aromatic N) is 1. The predicted octanol–water partition coefficient (Wildman–Crippen LogP) is 1.03. The van der Waals surface area contributed by atoms with Gasteiger partial charge in [0.25, 0.3) is 0 Å². The van der Waals surface area contributed by atoms with Gasteiger partial charge in [0.15, 0.2) is 0 Å². The normalized spacial score (nSPS) is 17.0. The Hall–Kier alpha value is -2.61. The molecular weight excluding hydrogens is 358 g/mol. The van der Waals surface area contributed by atoms with Gasteiger partial charge in [-0.3, -0.25) is 9.59 Å². The van der Waals surface area contributed by atoms with Crippen molar-refractivity contribution in [3.05, 3.63) is 34.2 Å². The van der Waals surface area contributed by atoms with Gasteiger partial charge in [0.05, 0.1) is 11.0 Å². The minimum absolute atomic E-state index is 0.0568. The van der Waals surface area contributed by atoms with E-state index in [1.165, 1.54) is 0 Å². The van der Waals surface area contributed by atoms with Crippen LogP contribution in [0.3, 0.4) is 0 Å². The van der Waals surface area contributed by atoms with Crippen LogP contribution in [-0.2, 0) is 16.0 Å². The molecule has 1 fully saturated rings. The van der Waals surface area contributed by atoms with Gasteiger partial charge in [0.2, 0.25) is 11.8 Å². The van der Waals surface area contributed by atoms with Crippen molar-refractivity contribution in [1.82, 2.24) is 20.2 Å². The molecule has 5 N–H and O–H groups in total. The second-order valence-electron chi connectivity index (χ2n) is 7.39. The Bertz CT molecular complexity index is 872. The van der Waals surface area contributed by atoms with Gasteiger partial charge >= 0.3 is 5.69 Å². The number of H-pyrrole nitrogens is 2. The highest BCUT2D eigenvalue weighted by Gasteiger charge is 2.26. The molecule has 1 aliphatic rings. The van der Waals surface area contributed by atoms with Gasteiger partial charge in [-0.05, 0) is 49.8 Å². The average Bonchev–Trinajstić information content (AvgIpc) is 3.06. The number of rotatable bonds is 8. The number of aromatic amines is 2. The van der Waals surface area contributed by atoms with Crippen molar-refractivity contribution < 1.29 is 9.59 Å². The van der Waals surface area contributed by atoms with E-state index in [4.69, 9.17) is 5.73 Å². The lowest BCUT2D eigenvalue weighted by molar-refractivity contribution is -0.135. The number of hydrogen-bond donors (Lipinski definition) is 4. The number of carbonyl (C=O) groups is 2. The maximum atomic E-state index is 12.7. The number of likely N-dealkylation sites (tertiary alicyclic amines) is 1. The second kappa shape index (κ2) is 9.54. The van der Waals surface area contributed by atoms with Crippen LogP contribution in [-0.4, -0.2) is 52.4 Å². The standard InChI is InChI=1S/C20H29N5O3/c21-10-9-18(26)22-13-15-5-1-2-11-25(15)19(27)6-3-4-14-7-8-16-17(12-14)24-20(28)23-16/h7-8,12,15H,1-6,9-11,13,21H2,(H,22,26)(H2,23,24,28). The van der Waals surface area contributed by atoms with Gasteiger partial charge in [-0.1, -0.05) is 6.07 Å². The Kier molecular flexibility index (Phi) is 6.86. The number of piperidine rings is 1. The zero-order chi connectivity index (χ0) is 19.9. The summed E-state index contributed by atoms with van der Waals surface area (Å²) in [7, 11) is 0. The summed E-state index contributed by atoms with van der Waals surface area (Å²) in [5.41, 5.74) is 7.87. The first-order chi connectivity index (χ1) is 13.6. The molecular formula is C20H29N5O3. The van der Waals surface area contributed by atoms with E-state index in [9.17, 15) is 14.4 Å². The summed E-state index contributed by atoms with van der Waals surface area (Å²) in [4.78, 5) is 43.2. The lowest BCUT2D eigenvalue weighted by atomic mass is 10.0. The molecule has 152 valence electrons. The van der Waals surface area contributed by atoms with Crippen LogP contribution in [0.2, 0.25) is 0 Å². The van der Waals surface area contributed by atoms with E-state index >= 15 is 0 Å². The molecule has 1 unspecified atom stereocenters. The van der Waals surface area contributed by atoms with Gasteiger partial charge in [-0.2, -0.15) is 0 Å². The van der Waals surface area contributed by atoms with Crippen LogP contribution in [0.4, 0.5) is 0 Å². The highest BCUT2D eigenvalue weighted by molar-refractivity contribution is 5.78. The Balaban J connectivity index is 1.50. The average molecular weight is 387 g/mol. The van der Waals surface area contributed by atoms with E-state index in [1.54, 1.807) is 0 Å². The molecule has 28 heavy (non-hydrogen) atoms. The van der Waals surface area contributed by atoms with Crippen LogP contribution in [0.25, 0.3) is 11.0 Å². The molecule has 1 aromatic carbocycles. The summed E-state index contributed by atoms with van der Waals surface area (Å²) < 4.78 is 0. The first-order valence-corrected chi connectivity index (χ1v) is 10.0. The lowest BCUT2D eigenvalue weighted by Gasteiger charge is -2.36. The number of nitrogens with two attached hydrogens (primary N) is 1. The number of imidazole rings is 1. The molecule has 0 spiro atoms. The molecule has 1 atom stereocenters. The molecule has 0 aliphatic carbocycles. The smallest absolute Gasteiger partial charge is 0.323 e. The maximum absolute atomic E-state index is 12.7. The minimum Gasteiger partial charge on any atom is -0.354 e. The van der Waals surface area contributed by atoms with Crippen molar-refractivity contribution in [3.63, 3.8) is 0 Å². The van der Waals surface area contributed by atoms with E-state index < -0.39 is 0 Å². The fraction of sp³-hybridized carbons (Fsp3) is 0.550. The lowest BCUT2D eigenvalue weighted by Crippen LogP contribution is -2.49. The molecule has 8 heteroatoms.